The van der Waals surface area contributed by atoms with E-state index in [1.807, 2.05) is 4.90 Å². The standard InChI is InChI=1S/C14H16ClN3O3/c15-9-3-6-11(13(8-9)18(20)21)17-7-1-2-12(17)14(19)16-10-4-5-10/h3,6,8,10,12H,1-2,4-5,7H2,(H,16,19). The minimum atomic E-state index is -0.449. The number of nitro benzene ring substituents is 1. The average Bonchev–Trinajstić information content (AvgIpc) is 3.12. The number of rotatable bonds is 4. The van der Waals surface area contributed by atoms with Gasteiger partial charge in [0.15, 0.2) is 0 Å². The number of nitrogens with one attached hydrogen (secondary N) is 1. The van der Waals surface area contributed by atoms with Gasteiger partial charge in [-0.1, -0.05) is 11.6 Å². The fourth-order valence-electron chi connectivity index (χ4n) is 2.74. The lowest BCUT2D eigenvalue weighted by atomic mass is 10.1. The van der Waals surface area contributed by atoms with Crippen LogP contribution < -0.4 is 10.2 Å². The molecule has 7 heteroatoms. The van der Waals surface area contributed by atoms with E-state index in [9.17, 15) is 14.9 Å². The normalized spacial score (nSPS) is 21.4. The van der Waals surface area contributed by atoms with Crippen molar-refractivity contribution in [1.29, 1.82) is 0 Å². The second kappa shape index (κ2) is 5.52. The number of halogens is 1. The van der Waals surface area contributed by atoms with Gasteiger partial charge in [0.1, 0.15) is 11.7 Å². The first-order valence-electron chi connectivity index (χ1n) is 7.07. The minimum absolute atomic E-state index is 0.0285. The first-order chi connectivity index (χ1) is 10.1. The molecule has 1 aliphatic heterocycles. The highest BCUT2D eigenvalue weighted by molar-refractivity contribution is 6.30. The summed E-state index contributed by atoms with van der Waals surface area (Å²) in [6.45, 7) is 0.644. The molecule has 1 atom stereocenters. The van der Waals surface area contributed by atoms with E-state index in [0.717, 1.165) is 25.7 Å². The molecule has 1 aromatic rings. The Morgan fingerprint density at radius 3 is 2.81 bits per heavy atom. The molecule has 1 unspecified atom stereocenters. The Kier molecular flexibility index (Phi) is 3.71. The lowest BCUT2D eigenvalue weighted by molar-refractivity contribution is -0.384. The van der Waals surface area contributed by atoms with Crippen molar-refractivity contribution in [1.82, 2.24) is 5.32 Å². The van der Waals surface area contributed by atoms with Crippen molar-refractivity contribution in [2.75, 3.05) is 11.4 Å². The maximum Gasteiger partial charge on any atom is 0.294 e. The highest BCUT2D eigenvalue weighted by atomic mass is 35.5. The van der Waals surface area contributed by atoms with Crippen molar-refractivity contribution in [3.8, 4) is 0 Å². The van der Waals surface area contributed by atoms with Crippen LogP contribution in [0.2, 0.25) is 5.02 Å². The van der Waals surface area contributed by atoms with Gasteiger partial charge in [0.05, 0.1) is 4.92 Å². The van der Waals surface area contributed by atoms with E-state index in [0.29, 0.717) is 23.3 Å². The Bertz CT molecular complexity index is 589. The Labute approximate surface area is 127 Å². The molecule has 1 aliphatic carbocycles. The van der Waals surface area contributed by atoms with Crippen molar-refractivity contribution in [2.24, 2.45) is 0 Å². The molecule has 1 heterocycles. The smallest absolute Gasteiger partial charge is 0.294 e. The zero-order valence-corrected chi connectivity index (χ0v) is 12.2. The predicted octanol–water partition coefficient (Wildman–Crippen LogP) is 2.50. The largest absolute Gasteiger partial charge is 0.354 e. The number of carbonyl (C=O) groups excluding carboxylic acids is 1. The zero-order valence-electron chi connectivity index (χ0n) is 11.4. The third-order valence-electron chi connectivity index (χ3n) is 3.92. The maximum atomic E-state index is 12.3. The molecule has 1 saturated carbocycles. The second-order valence-electron chi connectivity index (χ2n) is 5.52. The Hall–Kier alpha value is -1.82. The molecule has 21 heavy (non-hydrogen) atoms. The summed E-state index contributed by atoms with van der Waals surface area (Å²) < 4.78 is 0. The average molecular weight is 310 g/mol. The van der Waals surface area contributed by atoms with Gasteiger partial charge in [0.25, 0.3) is 5.69 Å². The van der Waals surface area contributed by atoms with Crippen LogP contribution in [-0.2, 0) is 4.79 Å². The summed E-state index contributed by atoms with van der Waals surface area (Å²) in [6, 6.07) is 4.55. The number of benzene rings is 1. The molecule has 1 amide bonds. The van der Waals surface area contributed by atoms with E-state index < -0.39 is 4.92 Å². The molecular weight excluding hydrogens is 294 g/mol. The Balaban J connectivity index is 1.87. The van der Waals surface area contributed by atoms with Crippen LogP contribution in [0.1, 0.15) is 25.7 Å². The van der Waals surface area contributed by atoms with E-state index >= 15 is 0 Å². The summed E-state index contributed by atoms with van der Waals surface area (Å²) in [5, 5.41) is 14.5. The lowest BCUT2D eigenvalue weighted by Gasteiger charge is -2.25. The quantitative estimate of drug-likeness (QED) is 0.685. The van der Waals surface area contributed by atoms with Gasteiger partial charge in [0.2, 0.25) is 5.91 Å². The minimum Gasteiger partial charge on any atom is -0.354 e. The molecule has 2 fully saturated rings. The van der Waals surface area contributed by atoms with Crippen molar-refractivity contribution in [3.63, 3.8) is 0 Å². The summed E-state index contributed by atoms with van der Waals surface area (Å²) in [6.07, 6.45) is 3.62. The van der Waals surface area contributed by atoms with Crippen molar-refractivity contribution < 1.29 is 9.72 Å². The molecule has 3 rings (SSSR count). The van der Waals surface area contributed by atoms with Crippen LogP contribution >= 0.6 is 11.6 Å². The van der Waals surface area contributed by atoms with Gasteiger partial charge in [-0.25, -0.2) is 0 Å². The van der Waals surface area contributed by atoms with Crippen LogP contribution in [0, 0.1) is 10.1 Å². The molecule has 1 N–H and O–H groups in total. The van der Waals surface area contributed by atoms with Gasteiger partial charge < -0.3 is 10.2 Å². The number of anilines is 1. The Morgan fingerprint density at radius 2 is 2.14 bits per heavy atom. The number of hydrogen-bond acceptors (Lipinski definition) is 4. The molecule has 0 aromatic heterocycles. The van der Waals surface area contributed by atoms with E-state index in [-0.39, 0.29) is 17.6 Å². The van der Waals surface area contributed by atoms with Gasteiger partial charge >= 0.3 is 0 Å². The van der Waals surface area contributed by atoms with Gasteiger partial charge in [-0.15, -0.1) is 0 Å². The number of nitrogens with zero attached hydrogens (tertiary/aromatic N) is 2. The van der Waals surface area contributed by atoms with Gasteiger partial charge in [-0.05, 0) is 37.8 Å². The van der Waals surface area contributed by atoms with Crippen LogP contribution in [0.25, 0.3) is 0 Å². The molecule has 112 valence electrons. The number of amides is 1. The first kappa shape index (κ1) is 14.1. The lowest BCUT2D eigenvalue weighted by Crippen LogP contribution is -2.44. The number of nitro groups is 1. The summed E-state index contributed by atoms with van der Waals surface area (Å²) in [7, 11) is 0. The molecule has 0 spiro atoms. The predicted molar refractivity (Wildman–Crippen MR) is 79.6 cm³/mol. The van der Waals surface area contributed by atoms with Crippen LogP contribution in [0.15, 0.2) is 18.2 Å². The van der Waals surface area contributed by atoms with Crippen LogP contribution in [0.3, 0.4) is 0 Å². The number of carbonyl (C=O) groups is 1. The third-order valence-corrected chi connectivity index (χ3v) is 4.16. The van der Waals surface area contributed by atoms with Crippen molar-refractivity contribution in [2.45, 2.75) is 37.8 Å². The summed E-state index contributed by atoms with van der Waals surface area (Å²) in [5.74, 6) is -0.0285. The summed E-state index contributed by atoms with van der Waals surface area (Å²) in [4.78, 5) is 24.9. The summed E-state index contributed by atoms with van der Waals surface area (Å²) in [5.41, 5.74) is 0.423. The van der Waals surface area contributed by atoms with Crippen molar-refractivity contribution >= 4 is 28.9 Å². The fraction of sp³-hybridized carbons (Fsp3) is 0.500. The molecule has 1 saturated heterocycles. The van der Waals surface area contributed by atoms with E-state index in [4.69, 9.17) is 11.6 Å². The molecule has 1 aromatic carbocycles. The van der Waals surface area contributed by atoms with Crippen LogP contribution in [-0.4, -0.2) is 29.5 Å². The highest BCUT2D eigenvalue weighted by Gasteiger charge is 2.36. The second-order valence-corrected chi connectivity index (χ2v) is 5.96. The van der Waals surface area contributed by atoms with Gasteiger partial charge in [-0.3, -0.25) is 14.9 Å². The third kappa shape index (κ3) is 2.95. The molecule has 0 radical (unpaired) electrons. The molecule has 0 bridgehead atoms. The van der Waals surface area contributed by atoms with Crippen LogP contribution in [0.4, 0.5) is 11.4 Å². The Morgan fingerprint density at radius 1 is 1.38 bits per heavy atom. The molecule has 6 nitrogen and oxygen atoms in total. The van der Waals surface area contributed by atoms with E-state index in [2.05, 4.69) is 5.32 Å². The summed E-state index contributed by atoms with van der Waals surface area (Å²) >= 11 is 5.84. The molecule has 2 aliphatic rings. The highest BCUT2D eigenvalue weighted by Crippen LogP contribution is 2.35. The maximum absolute atomic E-state index is 12.3. The monoisotopic (exact) mass is 309 g/mol. The SMILES string of the molecule is O=C(NC1CC1)C1CCCN1c1ccc(Cl)cc1[N+](=O)[O-]. The molecular formula is C14H16ClN3O3. The van der Waals surface area contributed by atoms with Crippen LogP contribution in [0.5, 0.6) is 0 Å². The van der Waals surface area contributed by atoms with Gasteiger partial charge in [-0.2, -0.15) is 0 Å². The fourth-order valence-corrected chi connectivity index (χ4v) is 2.90. The van der Waals surface area contributed by atoms with E-state index in [1.165, 1.54) is 6.07 Å². The first-order valence-corrected chi connectivity index (χ1v) is 7.45. The van der Waals surface area contributed by atoms with Gasteiger partial charge in [0, 0.05) is 23.7 Å². The zero-order chi connectivity index (χ0) is 15.0. The van der Waals surface area contributed by atoms with Crippen molar-refractivity contribution in [3.05, 3.63) is 33.3 Å². The van der Waals surface area contributed by atoms with E-state index in [1.54, 1.807) is 12.1 Å². The topological polar surface area (TPSA) is 75.5 Å². The number of hydrogen-bond donors (Lipinski definition) is 1.